The maximum atomic E-state index is 12.0. The second-order valence-electron chi connectivity index (χ2n) is 10.5. The molecule has 0 radical (unpaired) electrons. The molecule has 4 aromatic rings. The van der Waals surface area contributed by atoms with Gasteiger partial charge in [0.2, 0.25) is 17.8 Å². The first kappa shape index (κ1) is 37.5. The predicted octanol–water partition coefficient (Wildman–Crippen LogP) is 3.07. The Morgan fingerprint density at radius 1 is 0.500 bits per heavy atom. The molecule has 0 spiro atoms. The van der Waals surface area contributed by atoms with Crippen molar-refractivity contribution in [3.05, 3.63) is 96.1 Å². The van der Waals surface area contributed by atoms with E-state index in [1.165, 1.54) is 0 Å². The van der Waals surface area contributed by atoms with Crippen molar-refractivity contribution in [2.45, 2.75) is 0 Å². The van der Waals surface area contributed by atoms with Gasteiger partial charge in [0.1, 0.15) is 5.75 Å². The molecule has 0 aliphatic heterocycles. The Morgan fingerprint density at radius 2 is 0.900 bits per heavy atom. The molecule has 266 valence electrons. The third-order valence-electron chi connectivity index (χ3n) is 6.70. The zero-order valence-corrected chi connectivity index (χ0v) is 27.8. The lowest BCUT2D eigenvalue weighted by Gasteiger charge is -2.12. The largest absolute Gasteiger partial charge is 0.508 e. The van der Waals surface area contributed by atoms with Gasteiger partial charge in [-0.25, -0.2) is 0 Å². The Bertz CT molecular complexity index is 1460. The van der Waals surface area contributed by atoms with Crippen LogP contribution < -0.4 is 26.6 Å². The highest BCUT2D eigenvalue weighted by Crippen LogP contribution is 2.18. The number of nitrogens with zero attached hydrogens (tertiary/aromatic N) is 3. The van der Waals surface area contributed by atoms with Crippen LogP contribution in [0.4, 0.5) is 23.5 Å². The number of phenols is 1. The van der Waals surface area contributed by atoms with E-state index in [1.54, 1.807) is 48.5 Å². The number of phenolic OH excluding ortho intramolecular Hbond substituents is 1. The fourth-order valence-electron chi connectivity index (χ4n) is 4.23. The minimum atomic E-state index is -0.135. The van der Waals surface area contributed by atoms with Crippen molar-refractivity contribution < 1.29 is 33.6 Å². The van der Waals surface area contributed by atoms with Gasteiger partial charge in [-0.15, -0.1) is 0 Å². The van der Waals surface area contributed by atoms with E-state index in [0.717, 1.165) is 0 Å². The maximum absolute atomic E-state index is 12.0. The number of aromatic hydroxyl groups is 1. The number of aromatic nitrogens is 3. The van der Waals surface area contributed by atoms with Gasteiger partial charge in [-0.3, -0.25) is 9.59 Å². The van der Waals surface area contributed by atoms with Crippen LogP contribution >= 0.6 is 0 Å². The predicted molar refractivity (Wildman–Crippen MR) is 189 cm³/mol. The van der Waals surface area contributed by atoms with Crippen LogP contribution in [0.15, 0.2) is 84.9 Å². The van der Waals surface area contributed by atoms with Gasteiger partial charge in [0.25, 0.3) is 11.8 Å². The highest BCUT2D eigenvalue weighted by molar-refractivity contribution is 5.94. The molecule has 15 heteroatoms. The summed E-state index contributed by atoms with van der Waals surface area (Å²) in [4.78, 5) is 37.4. The maximum Gasteiger partial charge on any atom is 0.251 e. The van der Waals surface area contributed by atoms with Crippen LogP contribution in [0.25, 0.3) is 0 Å². The smallest absolute Gasteiger partial charge is 0.251 e. The molecule has 0 aliphatic rings. The Balaban J connectivity index is 1.09. The molecule has 0 bridgehead atoms. The Kier molecular flexibility index (Phi) is 16.7. The summed E-state index contributed by atoms with van der Waals surface area (Å²) in [6.45, 7) is 4.79. The number of carbonyl (C=O) groups is 2. The highest BCUT2D eigenvalue weighted by Gasteiger charge is 2.08. The van der Waals surface area contributed by atoms with Crippen LogP contribution in [-0.2, 0) is 18.9 Å². The van der Waals surface area contributed by atoms with Crippen LogP contribution in [0.1, 0.15) is 20.7 Å². The normalized spacial score (nSPS) is 10.7. The molecule has 0 fully saturated rings. The van der Waals surface area contributed by atoms with Gasteiger partial charge in [-0.2, -0.15) is 15.0 Å². The average molecular weight is 689 g/mol. The van der Waals surface area contributed by atoms with Crippen LogP contribution in [-0.4, -0.2) is 111 Å². The number of rotatable bonds is 24. The molecule has 15 nitrogen and oxygen atoms in total. The summed E-state index contributed by atoms with van der Waals surface area (Å²) < 4.78 is 22.3. The molecule has 1 aromatic heterocycles. The first-order chi connectivity index (χ1) is 24.6. The first-order valence-corrected chi connectivity index (χ1v) is 16.3. The topological polar surface area (TPSA) is 190 Å². The quantitative estimate of drug-likeness (QED) is 0.0466. The van der Waals surface area contributed by atoms with Gasteiger partial charge in [0, 0.05) is 43.0 Å². The number of carbonyl (C=O) groups excluding carboxylic acids is 2. The summed E-state index contributed by atoms with van der Waals surface area (Å²) in [5, 5.41) is 24.6. The van der Waals surface area contributed by atoms with E-state index in [-0.39, 0.29) is 17.6 Å². The fourth-order valence-corrected chi connectivity index (χ4v) is 4.23. The van der Waals surface area contributed by atoms with Gasteiger partial charge in [-0.1, -0.05) is 36.4 Å². The second kappa shape index (κ2) is 22.3. The van der Waals surface area contributed by atoms with Gasteiger partial charge < -0.3 is 50.6 Å². The summed E-state index contributed by atoms with van der Waals surface area (Å²) in [7, 11) is 0. The van der Waals surface area contributed by atoms with Gasteiger partial charge in [-0.05, 0) is 48.5 Å². The molecule has 1 heterocycles. The summed E-state index contributed by atoms with van der Waals surface area (Å²) in [6.07, 6.45) is 0. The molecule has 4 rings (SSSR count). The number of amides is 2. The standard InChI is InChI=1S/C35H44N8O7/c44-30-13-11-29(12-14-30)40-35-42-33(38-17-21-49-25-23-47-19-15-36-31(45)27-7-3-1-4-8-27)41-34(43-35)39-18-22-50-26-24-48-20-16-37-32(46)28-9-5-2-6-10-28/h1-14,44H,15-26H2,(H,36,45)(H,37,46)(H3,38,39,40,41,42,43). The second-order valence-corrected chi connectivity index (χ2v) is 10.5. The lowest BCUT2D eigenvalue weighted by molar-refractivity contribution is 0.0519. The van der Waals surface area contributed by atoms with Crippen molar-refractivity contribution in [3.8, 4) is 5.75 Å². The van der Waals surface area contributed by atoms with Crippen LogP contribution in [0.5, 0.6) is 5.75 Å². The summed E-state index contributed by atoms with van der Waals surface area (Å²) in [5.41, 5.74) is 1.91. The van der Waals surface area contributed by atoms with Crippen LogP contribution in [0.2, 0.25) is 0 Å². The third kappa shape index (κ3) is 14.8. The van der Waals surface area contributed by atoms with Crippen molar-refractivity contribution in [1.29, 1.82) is 0 Å². The summed E-state index contributed by atoms with van der Waals surface area (Å²) in [5.74, 6) is 0.862. The fraction of sp³-hybridized carbons (Fsp3) is 0.343. The zero-order chi connectivity index (χ0) is 35.1. The molecule has 0 saturated heterocycles. The van der Waals surface area contributed by atoms with Crippen molar-refractivity contribution in [3.63, 3.8) is 0 Å². The van der Waals surface area contributed by atoms with E-state index < -0.39 is 0 Å². The lowest BCUT2D eigenvalue weighted by Crippen LogP contribution is -2.27. The third-order valence-corrected chi connectivity index (χ3v) is 6.70. The zero-order valence-electron chi connectivity index (χ0n) is 27.8. The summed E-state index contributed by atoms with van der Waals surface area (Å²) in [6, 6.07) is 24.6. The molecular weight excluding hydrogens is 644 g/mol. The number of benzene rings is 3. The Labute approximate surface area is 291 Å². The van der Waals surface area contributed by atoms with E-state index >= 15 is 0 Å². The molecule has 2 amide bonds. The van der Waals surface area contributed by atoms with Gasteiger partial charge in [0.05, 0.1) is 52.9 Å². The van der Waals surface area contributed by atoms with E-state index in [0.29, 0.717) is 114 Å². The SMILES string of the molecule is O=C(NCCOCCOCCNc1nc(NCCOCCOCCNC(=O)c2ccccc2)nc(Nc2ccc(O)cc2)n1)c1ccccc1. The molecule has 0 aliphatic carbocycles. The van der Waals surface area contributed by atoms with E-state index in [4.69, 9.17) is 18.9 Å². The molecule has 3 aromatic carbocycles. The van der Waals surface area contributed by atoms with Crippen molar-refractivity contribution in [2.75, 3.05) is 95.0 Å². The van der Waals surface area contributed by atoms with Gasteiger partial charge >= 0.3 is 0 Å². The average Bonchev–Trinajstić information content (AvgIpc) is 3.14. The Morgan fingerprint density at radius 3 is 1.34 bits per heavy atom. The van der Waals surface area contributed by atoms with Crippen LogP contribution in [0, 0.1) is 0 Å². The van der Waals surface area contributed by atoms with Crippen molar-refractivity contribution >= 4 is 35.3 Å². The minimum Gasteiger partial charge on any atom is -0.508 e. The highest BCUT2D eigenvalue weighted by atomic mass is 16.5. The van der Waals surface area contributed by atoms with Gasteiger partial charge in [0.15, 0.2) is 0 Å². The molecular formula is C35H44N8O7. The number of hydrogen-bond acceptors (Lipinski definition) is 13. The number of ether oxygens (including phenoxy) is 4. The first-order valence-electron chi connectivity index (χ1n) is 16.3. The number of nitrogens with one attached hydrogen (secondary N) is 5. The molecule has 0 saturated carbocycles. The lowest BCUT2D eigenvalue weighted by atomic mass is 10.2. The van der Waals surface area contributed by atoms with E-state index in [9.17, 15) is 14.7 Å². The van der Waals surface area contributed by atoms with E-state index in [2.05, 4.69) is 41.5 Å². The van der Waals surface area contributed by atoms with Crippen LogP contribution in [0.3, 0.4) is 0 Å². The monoisotopic (exact) mass is 688 g/mol. The summed E-state index contributed by atoms with van der Waals surface area (Å²) >= 11 is 0. The molecule has 6 N–H and O–H groups in total. The number of hydrogen-bond donors (Lipinski definition) is 6. The van der Waals surface area contributed by atoms with Crippen molar-refractivity contribution in [1.82, 2.24) is 25.6 Å². The van der Waals surface area contributed by atoms with Crippen molar-refractivity contribution in [2.24, 2.45) is 0 Å². The molecule has 0 atom stereocenters. The minimum absolute atomic E-state index is 0.135. The molecule has 0 unspecified atom stereocenters. The number of anilines is 4. The Hall–Kier alpha value is -5.35. The molecule has 50 heavy (non-hydrogen) atoms. The van der Waals surface area contributed by atoms with E-state index in [1.807, 2.05) is 36.4 Å².